The maximum atomic E-state index is 12.2. The van der Waals surface area contributed by atoms with Gasteiger partial charge in [-0.1, -0.05) is 11.6 Å². The lowest BCUT2D eigenvalue weighted by molar-refractivity contribution is -0.143. The highest BCUT2D eigenvalue weighted by Gasteiger charge is 2.32. The van der Waals surface area contributed by atoms with Crippen molar-refractivity contribution in [1.82, 2.24) is 4.90 Å². The van der Waals surface area contributed by atoms with Crippen molar-refractivity contribution in [2.45, 2.75) is 18.9 Å². The number of amides is 1. The van der Waals surface area contributed by atoms with E-state index in [0.29, 0.717) is 22.1 Å². The average molecular weight is 340 g/mol. The second-order valence-electron chi connectivity index (χ2n) is 5.16. The van der Waals surface area contributed by atoms with Gasteiger partial charge in [0.15, 0.2) is 11.5 Å². The number of hydrogen-bond donors (Lipinski definition) is 1. The van der Waals surface area contributed by atoms with Gasteiger partial charge in [0.25, 0.3) is 0 Å². The van der Waals surface area contributed by atoms with Crippen LogP contribution in [0.1, 0.15) is 18.4 Å². The first-order valence-electron chi connectivity index (χ1n) is 7.08. The van der Waals surface area contributed by atoms with E-state index < -0.39 is 5.97 Å². The van der Waals surface area contributed by atoms with Crippen molar-refractivity contribution in [3.63, 3.8) is 0 Å². The minimum absolute atomic E-state index is 0.0252. The number of halogens is 1. The van der Waals surface area contributed by atoms with Gasteiger partial charge in [0.1, 0.15) is 6.54 Å². The van der Waals surface area contributed by atoms with Gasteiger partial charge in [-0.05, 0) is 36.6 Å². The summed E-state index contributed by atoms with van der Waals surface area (Å²) >= 11 is 6.11. The number of carboxylic acid groups (broad SMARTS) is 1. The summed E-state index contributed by atoms with van der Waals surface area (Å²) in [5, 5.41) is 9.26. The number of ether oxygens (including phenoxy) is 2. The van der Waals surface area contributed by atoms with Crippen molar-refractivity contribution in [2.24, 2.45) is 0 Å². The summed E-state index contributed by atoms with van der Waals surface area (Å²) in [6, 6.07) is 3.36. The van der Waals surface area contributed by atoms with Gasteiger partial charge in [-0.15, -0.1) is 0 Å². The monoisotopic (exact) mass is 339 g/mol. The van der Waals surface area contributed by atoms with Crippen LogP contribution in [0.4, 0.5) is 0 Å². The SMILES string of the molecule is COc1cc(/C=C/C(=O)N(CC(=O)O)C2CC2)cc(Cl)c1OC. The highest BCUT2D eigenvalue weighted by atomic mass is 35.5. The molecule has 1 aliphatic rings. The van der Waals surface area contributed by atoms with E-state index in [-0.39, 0.29) is 18.5 Å². The van der Waals surface area contributed by atoms with E-state index in [9.17, 15) is 9.59 Å². The number of carbonyl (C=O) groups excluding carboxylic acids is 1. The van der Waals surface area contributed by atoms with Crippen LogP contribution >= 0.6 is 11.6 Å². The van der Waals surface area contributed by atoms with E-state index >= 15 is 0 Å². The highest BCUT2D eigenvalue weighted by molar-refractivity contribution is 6.32. The topological polar surface area (TPSA) is 76.1 Å². The fraction of sp³-hybridized carbons (Fsp3) is 0.375. The van der Waals surface area contributed by atoms with E-state index in [0.717, 1.165) is 12.8 Å². The van der Waals surface area contributed by atoms with Crippen LogP contribution in [0.25, 0.3) is 6.08 Å². The zero-order valence-corrected chi connectivity index (χ0v) is 13.7. The standard InChI is InChI=1S/C16H18ClNO5/c1-22-13-8-10(7-12(17)16(13)23-2)3-6-14(19)18(9-15(20)21)11-4-5-11/h3,6-8,11H,4-5,9H2,1-2H3,(H,20,21)/b6-3+. The molecule has 7 heteroatoms. The molecule has 0 radical (unpaired) electrons. The third-order valence-corrected chi connectivity index (χ3v) is 3.73. The minimum Gasteiger partial charge on any atom is -0.493 e. The van der Waals surface area contributed by atoms with Crippen LogP contribution in [0.2, 0.25) is 5.02 Å². The van der Waals surface area contributed by atoms with Gasteiger partial charge in [-0.2, -0.15) is 0 Å². The van der Waals surface area contributed by atoms with Crippen molar-refractivity contribution in [2.75, 3.05) is 20.8 Å². The van der Waals surface area contributed by atoms with Crippen molar-refractivity contribution < 1.29 is 24.2 Å². The Morgan fingerprint density at radius 3 is 2.57 bits per heavy atom. The first-order chi connectivity index (χ1) is 11.0. The predicted molar refractivity (Wildman–Crippen MR) is 86.0 cm³/mol. The normalized spacial score (nSPS) is 13.9. The summed E-state index contributed by atoms with van der Waals surface area (Å²) in [4.78, 5) is 24.4. The number of aliphatic carboxylic acids is 1. The van der Waals surface area contributed by atoms with Crippen molar-refractivity contribution in [1.29, 1.82) is 0 Å². The Balaban J connectivity index is 2.16. The Kier molecular flexibility index (Phi) is 5.50. The van der Waals surface area contributed by atoms with Crippen LogP contribution in [0, 0.1) is 0 Å². The lowest BCUT2D eigenvalue weighted by Crippen LogP contribution is -2.36. The van der Waals surface area contributed by atoms with Gasteiger partial charge < -0.3 is 19.5 Å². The Morgan fingerprint density at radius 1 is 1.35 bits per heavy atom. The fourth-order valence-corrected chi connectivity index (χ4v) is 2.51. The molecule has 0 unspecified atom stereocenters. The van der Waals surface area contributed by atoms with Gasteiger partial charge >= 0.3 is 5.97 Å². The molecule has 0 saturated heterocycles. The molecule has 1 aromatic carbocycles. The zero-order valence-electron chi connectivity index (χ0n) is 12.9. The second kappa shape index (κ2) is 7.37. The van der Waals surface area contributed by atoms with Gasteiger partial charge in [0, 0.05) is 12.1 Å². The maximum Gasteiger partial charge on any atom is 0.323 e. The maximum absolute atomic E-state index is 12.2. The molecular formula is C16H18ClNO5. The van der Waals surface area contributed by atoms with Crippen molar-refractivity contribution in [3.8, 4) is 11.5 Å². The second-order valence-corrected chi connectivity index (χ2v) is 5.57. The molecule has 2 rings (SSSR count). The predicted octanol–water partition coefficient (Wildman–Crippen LogP) is 2.45. The molecule has 0 bridgehead atoms. The van der Waals surface area contributed by atoms with Crippen LogP contribution in [0.3, 0.4) is 0 Å². The van der Waals surface area contributed by atoms with Crippen LogP contribution in [0.15, 0.2) is 18.2 Å². The third-order valence-electron chi connectivity index (χ3n) is 3.45. The average Bonchev–Trinajstić information content (AvgIpc) is 3.34. The number of carbonyl (C=O) groups is 2. The molecule has 1 amide bonds. The Bertz CT molecular complexity index is 640. The number of nitrogens with zero attached hydrogens (tertiary/aromatic N) is 1. The molecule has 1 aromatic rings. The first-order valence-corrected chi connectivity index (χ1v) is 7.46. The Labute approximate surface area is 139 Å². The zero-order chi connectivity index (χ0) is 17.0. The van der Waals surface area contributed by atoms with Gasteiger partial charge in [0.05, 0.1) is 19.2 Å². The van der Waals surface area contributed by atoms with Crippen LogP contribution in [-0.4, -0.2) is 48.7 Å². The summed E-state index contributed by atoms with van der Waals surface area (Å²) in [7, 11) is 2.98. The quantitative estimate of drug-likeness (QED) is 0.772. The van der Waals surface area contributed by atoms with Gasteiger partial charge in [-0.25, -0.2) is 0 Å². The lowest BCUT2D eigenvalue weighted by Gasteiger charge is -2.18. The summed E-state index contributed by atoms with van der Waals surface area (Å²) < 4.78 is 10.3. The summed E-state index contributed by atoms with van der Waals surface area (Å²) in [6.07, 6.45) is 4.61. The Morgan fingerprint density at radius 2 is 2.04 bits per heavy atom. The van der Waals surface area contributed by atoms with Crippen molar-refractivity contribution in [3.05, 3.63) is 28.8 Å². The highest BCUT2D eigenvalue weighted by Crippen LogP contribution is 2.36. The van der Waals surface area contributed by atoms with E-state index in [1.165, 1.54) is 25.2 Å². The largest absolute Gasteiger partial charge is 0.493 e. The van der Waals surface area contributed by atoms with Crippen LogP contribution < -0.4 is 9.47 Å². The lowest BCUT2D eigenvalue weighted by atomic mass is 10.2. The molecule has 0 aliphatic heterocycles. The van der Waals surface area contributed by atoms with Crippen LogP contribution in [0.5, 0.6) is 11.5 Å². The van der Waals surface area contributed by atoms with Gasteiger partial charge in [-0.3, -0.25) is 9.59 Å². The molecule has 1 N–H and O–H groups in total. The number of hydrogen-bond acceptors (Lipinski definition) is 4. The molecule has 6 nitrogen and oxygen atoms in total. The number of carboxylic acids is 1. The summed E-state index contributed by atoms with van der Waals surface area (Å²) in [5.41, 5.74) is 0.659. The van der Waals surface area contributed by atoms with E-state index in [4.69, 9.17) is 26.2 Å². The molecular weight excluding hydrogens is 322 g/mol. The third kappa shape index (κ3) is 4.39. The van der Waals surface area contributed by atoms with E-state index in [1.807, 2.05) is 0 Å². The molecule has 0 heterocycles. The molecule has 1 saturated carbocycles. The van der Waals surface area contributed by atoms with E-state index in [2.05, 4.69) is 0 Å². The smallest absolute Gasteiger partial charge is 0.323 e. The van der Waals surface area contributed by atoms with Crippen molar-refractivity contribution >= 4 is 29.6 Å². The number of rotatable bonds is 7. The molecule has 0 spiro atoms. The first kappa shape index (κ1) is 17.1. The Hall–Kier alpha value is -2.21. The molecule has 0 aromatic heterocycles. The molecule has 23 heavy (non-hydrogen) atoms. The van der Waals surface area contributed by atoms with Crippen LogP contribution in [-0.2, 0) is 9.59 Å². The van der Waals surface area contributed by atoms with E-state index in [1.54, 1.807) is 18.2 Å². The number of methoxy groups -OCH3 is 2. The molecule has 0 atom stereocenters. The minimum atomic E-state index is -1.02. The molecule has 1 fully saturated rings. The molecule has 1 aliphatic carbocycles. The van der Waals surface area contributed by atoms with Gasteiger partial charge in [0.2, 0.25) is 5.91 Å². The summed E-state index contributed by atoms with van der Waals surface area (Å²) in [6.45, 7) is -0.291. The fourth-order valence-electron chi connectivity index (χ4n) is 2.22. The number of benzene rings is 1. The summed E-state index contributed by atoms with van der Waals surface area (Å²) in [5.74, 6) is -0.478. The molecule has 124 valence electrons.